The number of amides is 1. The molecule has 0 saturated carbocycles. The minimum absolute atomic E-state index is 0.0310. The second-order valence-corrected chi connectivity index (χ2v) is 6.96. The van der Waals surface area contributed by atoms with E-state index in [1.165, 1.54) is 0 Å². The van der Waals surface area contributed by atoms with Crippen molar-refractivity contribution in [3.63, 3.8) is 0 Å². The van der Waals surface area contributed by atoms with Gasteiger partial charge in [-0.1, -0.05) is 30.3 Å². The Morgan fingerprint density at radius 3 is 2.62 bits per heavy atom. The van der Waals surface area contributed by atoms with E-state index in [1.54, 1.807) is 12.4 Å². The average molecular weight is 401 g/mol. The number of carbonyl (C=O) groups excluding carboxylic acids is 1. The minimum Gasteiger partial charge on any atom is -0.352 e. The van der Waals surface area contributed by atoms with Gasteiger partial charge in [0.05, 0.1) is 11.9 Å². The van der Waals surface area contributed by atoms with E-state index in [0.29, 0.717) is 23.6 Å². The first-order chi connectivity index (χ1) is 14.2. The number of benzene rings is 2. The lowest BCUT2D eigenvalue weighted by Gasteiger charge is -2.10. The predicted octanol–water partition coefficient (Wildman–Crippen LogP) is 4.29. The Hall–Kier alpha value is -3.58. The monoisotopic (exact) mass is 401 g/mol. The summed E-state index contributed by atoms with van der Waals surface area (Å²) in [5.41, 5.74) is 3.71. The molecule has 7 heteroatoms. The largest absolute Gasteiger partial charge is 0.352 e. The van der Waals surface area contributed by atoms with Crippen LogP contribution in [0.4, 0.5) is 11.5 Å². The number of carbonyl (C=O) groups is 1. The van der Waals surface area contributed by atoms with Gasteiger partial charge in [0, 0.05) is 30.0 Å². The van der Waals surface area contributed by atoms with E-state index >= 15 is 0 Å². The number of H-pyrrole nitrogens is 1. The predicted molar refractivity (Wildman–Crippen MR) is 116 cm³/mol. The fourth-order valence-electron chi connectivity index (χ4n) is 2.99. The van der Waals surface area contributed by atoms with Crippen LogP contribution in [0, 0.1) is 4.77 Å². The maximum atomic E-state index is 12.2. The topological polar surface area (TPSA) is 82.7 Å². The molecule has 1 amide bonds. The van der Waals surface area contributed by atoms with Crippen molar-refractivity contribution in [2.24, 2.45) is 0 Å². The maximum Gasteiger partial charge on any atom is 0.224 e. The van der Waals surface area contributed by atoms with Gasteiger partial charge in [0.25, 0.3) is 0 Å². The van der Waals surface area contributed by atoms with E-state index in [-0.39, 0.29) is 5.91 Å². The van der Waals surface area contributed by atoms with Gasteiger partial charge < -0.3 is 15.6 Å². The van der Waals surface area contributed by atoms with Crippen molar-refractivity contribution >= 4 is 40.5 Å². The quantitative estimate of drug-likeness (QED) is 0.420. The van der Waals surface area contributed by atoms with Crippen LogP contribution in [0.25, 0.3) is 10.9 Å². The fourth-order valence-corrected chi connectivity index (χ4v) is 3.19. The van der Waals surface area contributed by atoms with E-state index in [2.05, 4.69) is 25.6 Å². The lowest BCUT2D eigenvalue weighted by Crippen LogP contribution is -2.24. The highest BCUT2D eigenvalue weighted by molar-refractivity contribution is 7.71. The molecule has 0 saturated heterocycles. The van der Waals surface area contributed by atoms with Gasteiger partial charge in [-0.2, -0.15) is 0 Å². The first-order valence-corrected chi connectivity index (χ1v) is 9.59. The molecule has 0 aliphatic heterocycles. The Kier molecular flexibility index (Phi) is 5.58. The summed E-state index contributed by atoms with van der Waals surface area (Å²) in [6, 6.07) is 19.4. The molecule has 0 unspecified atom stereocenters. The Morgan fingerprint density at radius 2 is 1.83 bits per heavy atom. The number of rotatable bonds is 6. The van der Waals surface area contributed by atoms with Crippen molar-refractivity contribution in [1.82, 2.24) is 20.3 Å². The number of aromatic amines is 1. The maximum absolute atomic E-state index is 12.2. The first-order valence-electron chi connectivity index (χ1n) is 9.18. The molecule has 0 fully saturated rings. The Labute approximate surface area is 173 Å². The van der Waals surface area contributed by atoms with Crippen LogP contribution in [0.3, 0.4) is 0 Å². The number of nitrogens with zero attached hydrogens (tertiary/aromatic N) is 2. The summed E-state index contributed by atoms with van der Waals surface area (Å²) >= 11 is 5.22. The molecule has 3 N–H and O–H groups in total. The molecule has 0 aliphatic rings. The molecule has 0 aliphatic carbocycles. The number of pyridine rings is 1. The van der Waals surface area contributed by atoms with Crippen LogP contribution in [-0.4, -0.2) is 20.9 Å². The van der Waals surface area contributed by atoms with Crippen molar-refractivity contribution in [1.29, 1.82) is 0 Å². The second-order valence-electron chi connectivity index (χ2n) is 6.57. The lowest BCUT2D eigenvalue weighted by atomic mass is 10.1. The molecule has 0 radical (unpaired) electrons. The van der Waals surface area contributed by atoms with Crippen LogP contribution >= 0.6 is 12.2 Å². The summed E-state index contributed by atoms with van der Waals surface area (Å²) in [6.45, 7) is 0.472. The molecular weight excluding hydrogens is 382 g/mol. The smallest absolute Gasteiger partial charge is 0.224 e. The highest BCUT2D eigenvalue weighted by Crippen LogP contribution is 2.23. The Bertz CT molecular complexity index is 1190. The molecule has 29 heavy (non-hydrogen) atoms. The SMILES string of the molecule is O=C(Cc1ccc(Nc2nc(=S)[nH]c3ccccc23)cc1)NCc1cccnc1. The van der Waals surface area contributed by atoms with Gasteiger partial charge in [0.15, 0.2) is 4.77 Å². The highest BCUT2D eigenvalue weighted by Gasteiger charge is 2.06. The molecule has 6 nitrogen and oxygen atoms in total. The number of nitrogens with one attached hydrogen (secondary N) is 3. The van der Waals surface area contributed by atoms with Gasteiger partial charge >= 0.3 is 0 Å². The number of hydrogen-bond acceptors (Lipinski definition) is 5. The van der Waals surface area contributed by atoms with Gasteiger partial charge in [-0.15, -0.1) is 0 Å². The number of aromatic nitrogens is 3. The standard InChI is InChI=1S/C22H19N5OS/c28-20(24-14-16-4-3-11-23-13-16)12-15-7-9-17(10-8-15)25-21-18-5-1-2-6-19(18)26-22(29)27-21/h1-11,13H,12,14H2,(H,24,28)(H2,25,26,27,29). The summed E-state index contributed by atoms with van der Waals surface area (Å²) in [4.78, 5) is 23.7. The molecule has 2 aromatic carbocycles. The number of anilines is 2. The molecule has 4 rings (SSSR count). The fraction of sp³-hybridized carbons (Fsp3) is 0.0909. The third kappa shape index (κ3) is 4.83. The molecule has 2 aromatic heterocycles. The summed E-state index contributed by atoms with van der Waals surface area (Å²) in [6.07, 6.45) is 3.77. The van der Waals surface area contributed by atoms with Crippen molar-refractivity contribution in [3.05, 3.63) is 89.0 Å². The van der Waals surface area contributed by atoms with E-state index < -0.39 is 0 Å². The number of para-hydroxylation sites is 1. The molecule has 0 atom stereocenters. The lowest BCUT2D eigenvalue weighted by molar-refractivity contribution is -0.120. The third-order valence-corrected chi connectivity index (χ3v) is 4.62. The Balaban J connectivity index is 1.41. The summed E-state index contributed by atoms with van der Waals surface area (Å²) in [5, 5.41) is 7.18. The normalized spacial score (nSPS) is 10.6. The highest BCUT2D eigenvalue weighted by atomic mass is 32.1. The molecule has 4 aromatic rings. The Morgan fingerprint density at radius 1 is 1.00 bits per heavy atom. The van der Waals surface area contributed by atoms with Gasteiger partial charge in [-0.25, -0.2) is 4.98 Å². The minimum atomic E-state index is -0.0310. The summed E-state index contributed by atoms with van der Waals surface area (Å²) in [5.74, 6) is 0.669. The van der Waals surface area contributed by atoms with E-state index in [9.17, 15) is 4.79 Å². The van der Waals surface area contributed by atoms with Crippen molar-refractivity contribution < 1.29 is 4.79 Å². The second kappa shape index (κ2) is 8.62. The molecular formula is C22H19N5OS. The van der Waals surface area contributed by atoms with Crippen LogP contribution in [0.1, 0.15) is 11.1 Å². The zero-order valence-corrected chi connectivity index (χ0v) is 16.4. The van der Waals surface area contributed by atoms with Gasteiger partial charge in [-0.3, -0.25) is 9.78 Å². The number of hydrogen-bond donors (Lipinski definition) is 3. The van der Waals surface area contributed by atoms with Gasteiger partial charge in [0.1, 0.15) is 5.82 Å². The van der Waals surface area contributed by atoms with E-state index in [1.807, 2.05) is 60.7 Å². The zero-order chi connectivity index (χ0) is 20.1. The summed E-state index contributed by atoms with van der Waals surface area (Å²) < 4.78 is 0.424. The van der Waals surface area contributed by atoms with Crippen LogP contribution in [0.2, 0.25) is 0 Å². The summed E-state index contributed by atoms with van der Waals surface area (Å²) in [7, 11) is 0. The van der Waals surface area contributed by atoms with E-state index in [0.717, 1.165) is 27.7 Å². The van der Waals surface area contributed by atoms with Crippen molar-refractivity contribution in [2.45, 2.75) is 13.0 Å². The van der Waals surface area contributed by atoms with Crippen molar-refractivity contribution in [2.75, 3.05) is 5.32 Å². The van der Waals surface area contributed by atoms with Crippen LogP contribution in [0.15, 0.2) is 73.1 Å². The van der Waals surface area contributed by atoms with Crippen LogP contribution in [-0.2, 0) is 17.8 Å². The zero-order valence-electron chi connectivity index (χ0n) is 15.6. The van der Waals surface area contributed by atoms with Crippen LogP contribution in [0.5, 0.6) is 0 Å². The average Bonchev–Trinajstić information content (AvgIpc) is 2.74. The number of fused-ring (bicyclic) bond motifs is 1. The van der Waals surface area contributed by atoms with Crippen LogP contribution < -0.4 is 10.6 Å². The van der Waals surface area contributed by atoms with E-state index in [4.69, 9.17) is 12.2 Å². The molecule has 0 bridgehead atoms. The third-order valence-electron chi connectivity index (χ3n) is 4.43. The molecule has 0 spiro atoms. The molecule has 2 heterocycles. The molecule has 144 valence electrons. The van der Waals surface area contributed by atoms with Gasteiger partial charge in [0.2, 0.25) is 5.91 Å². The van der Waals surface area contributed by atoms with Crippen molar-refractivity contribution in [3.8, 4) is 0 Å². The first kappa shape index (κ1) is 18.8. The van der Waals surface area contributed by atoms with Gasteiger partial charge in [-0.05, 0) is 53.7 Å².